The highest BCUT2D eigenvalue weighted by molar-refractivity contribution is 5.90. The van der Waals surface area contributed by atoms with Crippen molar-refractivity contribution in [2.24, 2.45) is 0 Å². The largest absolute Gasteiger partial charge is 0.493 e. The standard InChI is InChI=1S/C24H26N2O4/c1-28-21-15-19(16-22(29-2)24(21)30-3)6-9-23(27)26-20-7-4-17(5-8-20)14-18-10-12-25-13-11-18/h4-5,7-8,10-13,15-16H,6,9,14H2,1-3H3,(H,26,27). The van der Waals surface area contributed by atoms with Crippen molar-refractivity contribution in [3.05, 3.63) is 77.6 Å². The van der Waals surface area contributed by atoms with Crippen LogP contribution in [-0.4, -0.2) is 32.2 Å². The fourth-order valence-corrected chi connectivity index (χ4v) is 3.20. The van der Waals surface area contributed by atoms with Crippen molar-refractivity contribution in [1.82, 2.24) is 4.98 Å². The van der Waals surface area contributed by atoms with Crippen LogP contribution >= 0.6 is 0 Å². The Morgan fingerprint density at radius 3 is 2.00 bits per heavy atom. The lowest BCUT2D eigenvalue weighted by Gasteiger charge is -2.14. The molecular weight excluding hydrogens is 380 g/mol. The summed E-state index contributed by atoms with van der Waals surface area (Å²) in [7, 11) is 4.72. The average molecular weight is 406 g/mol. The molecule has 1 heterocycles. The number of hydrogen-bond donors (Lipinski definition) is 1. The summed E-state index contributed by atoms with van der Waals surface area (Å²) < 4.78 is 16.1. The molecule has 6 heteroatoms. The third-order valence-electron chi connectivity index (χ3n) is 4.76. The van der Waals surface area contributed by atoms with Gasteiger partial charge in [0, 0.05) is 24.5 Å². The Morgan fingerprint density at radius 2 is 1.43 bits per heavy atom. The number of carbonyl (C=O) groups excluding carboxylic acids is 1. The van der Waals surface area contributed by atoms with E-state index in [0.29, 0.717) is 30.1 Å². The van der Waals surface area contributed by atoms with E-state index in [1.807, 2.05) is 48.5 Å². The predicted octanol–water partition coefficient (Wildman–Crippen LogP) is 4.27. The van der Waals surface area contributed by atoms with Crippen LogP contribution in [0.1, 0.15) is 23.1 Å². The molecule has 3 aromatic rings. The van der Waals surface area contributed by atoms with Gasteiger partial charge in [-0.15, -0.1) is 0 Å². The monoisotopic (exact) mass is 406 g/mol. The van der Waals surface area contributed by atoms with Crippen LogP contribution in [0.2, 0.25) is 0 Å². The van der Waals surface area contributed by atoms with E-state index in [9.17, 15) is 4.79 Å². The first-order valence-electron chi connectivity index (χ1n) is 9.69. The molecule has 1 aromatic heterocycles. The van der Waals surface area contributed by atoms with Crippen LogP contribution in [0.5, 0.6) is 17.2 Å². The van der Waals surface area contributed by atoms with E-state index in [4.69, 9.17) is 14.2 Å². The number of methoxy groups -OCH3 is 3. The van der Waals surface area contributed by atoms with Gasteiger partial charge in [-0.05, 0) is 65.9 Å². The predicted molar refractivity (Wildman–Crippen MR) is 117 cm³/mol. The number of benzene rings is 2. The number of nitrogens with one attached hydrogen (secondary N) is 1. The van der Waals surface area contributed by atoms with E-state index in [0.717, 1.165) is 17.7 Å². The van der Waals surface area contributed by atoms with Crippen molar-refractivity contribution in [1.29, 1.82) is 0 Å². The second-order valence-corrected chi connectivity index (χ2v) is 6.81. The van der Waals surface area contributed by atoms with E-state index in [-0.39, 0.29) is 5.91 Å². The van der Waals surface area contributed by atoms with Gasteiger partial charge >= 0.3 is 0 Å². The maximum Gasteiger partial charge on any atom is 0.224 e. The molecule has 0 spiro atoms. The molecule has 0 bridgehead atoms. The van der Waals surface area contributed by atoms with Gasteiger partial charge in [-0.2, -0.15) is 0 Å². The zero-order chi connectivity index (χ0) is 21.3. The van der Waals surface area contributed by atoms with Crippen LogP contribution < -0.4 is 19.5 Å². The lowest BCUT2D eigenvalue weighted by Crippen LogP contribution is -2.12. The highest BCUT2D eigenvalue weighted by Crippen LogP contribution is 2.38. The number of anilines is 1. The van der Waals surface area contributed by atoms with Gasteiger partial charge in [0.2, 0.25) is 11.7 Å². The Morgan fingerprint density at radius 1 is 0.833 bits per heavy atom. The Labute approximate surface area is 176 Å². The second-order valence-electron chi connectivity index (χ2n) is 6.81. The van der Waals surface area contributed by atoms with Gasteiger partial charge in [0.25, 0.3) is 0 Å². The SMILES string of the molecule is COc1cc(CCC(=O)Nc2ccc(Cc3ccncc3)cc2)cc(OC)c1OC. The van der Waals surface area contributed by atoms with Crippen LogP contribution in [0, 0.1) is 0 Å². The highest BCUT2D eigenvalue weighted by Gasteiger charge is 2.14. The third kappa shape index (κ3) is 5.50. The lowest BCUT2D eigenvalue weighted by atomic mass is 10.1. The molecular formula is C24H26N2O4. The van der Waals surface area contributed by atoms with Gasteiger partial charge in [-0.3, -0.25) is 9.78 Å². The molecule has 156 valence electrons. The normalized spacial score (nSPS) is 10.4. The molecule has 0 radical (unpaired) electrons. The molecule has 2 aromatic carbocycles. The quantitative estimate of drug-likeness (QED) is 0.575. The van der Waals surface area contributed by atoms with E-state index in [2.05, 4.69) is 10.3 Å². The molecule has 0 aliphatic heterocycles. The lowest BCUT2D eigenvalue weighted by molar-refractivity contribution is -0.116. The molecule has 3 rings (SSSR count). The highest BCUT2D eigenvalue weighted by atomic mass is 16.5. The molecule has 0 unspecified atom stereocenters. The Hall–Kier alpha value is -3.54. The molecule has 6 nitrogen and oxygen atoms in total. The van der Waals surface area contributed by atoms with Crippen LogP contribution in [0.3, 0.4) is 0 Å². The van der Waals surface area contributed by atoms with Crippen molar-refractivity contribution in [2.75, 3.05) is 26.6 Å². The van der Waals surface area contributed by atoms with Gasteiger partial charge in [0.15, 0.2) is 11.5 Å². The number of amides is 1. The van der Waals surface area contributed by atoms with E-state index in [1.165, 1.54) is 11.1 Å². The molecule has 0 saturated heterocycles. The molecule has 0 aliphatic carbocycles. The summed E-state index contributed by atoms with van der Waals surface area (Å²) in [5, 5.41) is 2.95. The van der Waals surface area contributed by atoms with E-state index in [1.54, 1.807) is 33.7 Å². The van der Waals surface area contributed by atoms with Crippen LogP contribution in [0.4, 0.5) is 5.69 Å². The number of aromatic nitrogens is 1. The van der Waals surface area contributed by atoms with Gasteiger partial charge in [-0.1, -0.05) is 12.1 Å². The average Bonchev–Trinajstić information content (AvgIpc) is 2.78. The van der Waals surface area contributed by atoms with Crippen LogP contribution in [-0.2, 0) is 17.6 Å². The Bertz CT molecular complexity index is 947. The van der Waals surface area contributed by atoms with Gasteiger partial charge in [0.1, 0.15) is 0 Å². The number of rotatable bonds is 9. The summed E-state index contributed by atoms with van der Waals surface area (Å²) in [5.74, 6) is 1.65. The number of ether oxygens (including phenoxy) is 3. The van der Waals surface area contributed by atoms with Crippen molar-refractivity contribution in [3.8, 4) is 17.2 Å². The molecule has 0 atom stereocenters. The van der Waals surface area contributed by atoms with Gasteiger partial charge in [0.05, 0.1) is 21.3 Å². The minimum atomic E-state index is -0.0503. The van der Waals surface area contributed by atoms with Crippen molar-refractivity contribution < 1.29 is 19.0 Å². The molecule has 1 N–H and O–H groups in total. The Balaban J connectivity index is 1.57. The first-order chi connectivity index (χ1) is 14.6. The Kier molecular flexibility index (Phi) is 7.27. The smallest absolute Gasteiger partial charge is 0.224 e. The van der Waals surface area contributed by atoms with Crippen molar-refractivity contribution in [2.45, 2.75) is 19.3 Å². The topological polar surface area (TPSA) is 69.7 Å². The maximum atomic E-state index is 12.4. The summed E-state index contributed by atoms with van der Waals surface area (Å²) in [6.45, 7) is 0. The summed E-state index contributed by atoms with van der Waals surface area (Å²) >= 11 is 0. The van der Waals surface area contributed by atoms with Gasteiger partial charge in [-0.25, -0.2) is 0 Å². The minimum absolute atomic E-state index is 0.0503. The van der Waals surface area contributed by atoms with Gasteiger partial charge < -0.3 is 19.5 Å². The van der Waals surface area contributed by atoms with Crippen molar-refractivity contribution in [3.63, 3.8) is 0 Å². The molecule has 0 saturated carbocycles. The molecule has 0 fully saturated rings. The zero-order valence-electron chi connectivity index (χ0n) is 17.5. The summed E-state index contributed by atoms with van der Waals surface area (Å²) in [6.07, 6.45) is 5.31. The second kappa shape index (κ2) is 10.3. The third-order valence-corrected chi connectivity index (χ3v) is 4.76. The fourth-order valence-electron chi connectivity index (χ4n) is 3.20. The number of hydrogen-bond acceptors (Lipinski definition) is 5. The first-order valence-corrected chi connectivity index (χ1v) is 9.69. The molecule has 1 amide bonds. The molecule has 30 heavy (non-hydrogen) atoms. The number of carbonyl (C=O) groups is 1. The molecule has 0 aliphatic rings. The number of aryl methyl sites for hydroxylation is 1. The summed E-state index contributed by atoms with van der Waals surface area (Å²) in [6, 6.07) is 15.6. The first kappa shape index (κ1) is 21.2. The van der Waals surface area contributed by atoms with E-state index >= 15 is 0 Å². The number of nitrogens with zero attached hydrogens (tertiary/aromatic N) is 1. The van der Waals surface area contributed by atoms with Crippen LogP contribution in [0.15, 0.2) is 60.9 Å². The summed E-state index contributed by atoms with van der Waals surface area (Å²) in [5.41, 5.74) is 4.10. The van der Waals surface area contributed by atoms with Crippen molar-refractivity contribution >= 4 is 11.6 Å². The van der Waals surface area contributed by atoms with E-state index < -0.39 is 0 Å². The maximum absolute atomic E-state index is 12.4. The fraction of sp³-hybridized carbons (Fsp3) is 0.250. The zero-order valence-corrected chi connectivity index (χ0v) is 17.5. The minimum Gasteiger partial charge on any atom is -0.493 e. The summed E-state index contributed by atoms with van der Waals surface area (Å²) in [4.78, 5) is 16.4. The number of pyridine rings is 1. The van der Waals surface area contributed by atoms with Crippen LogP contribution in [0.25, 0.3) is 0 Å².